The van der Waals surface area contributed by atoms with Crippen LogP contribution in [0, 0.1) is 6.92 Å². The van der Waals surface area contributed by atoms with E-state index in [2.05, 4.69) is 172 Å². The number of nitrogens with zero attached hydrogens (tertiary/aromatic N) is 2. The first-order valence-electron chi connectivity index (χ1n) is 23.1. The molecule has 0 amide bonds. The van der Waals surface area contributed by atoms with Gasteiger partial charge in [0.2, 0.25) is 0 Å². The zero-order valence-electron chi connectivity index (χ0n) is 36.6. The molecule has 302 valence electrons. The second-order valence-corrected chi connectivity index (χ2v) is 20.2. The van der Waals surface area contributed by atoms with E-state index in [9.17, 15) is 0 Å². The highest BCUT2D eigenvalue weighted by atomic mass is 15.2. The van der Waals surface area contributed by atoms with Crippen molar-refractivity contribution in [2.24, 2.45) is 0 Å². The third-order valence-electron chi connectivity index (χ3n) is 15.4. The highest BCUT2D eigenvalue weighted by molar-refractivity contribution is 6.24. The minimum absolute atomic E-state index is 0.208. The van der Waals surface area contributed by atoms with Gasteiger partial charge in [-0.25, -0.2) is 0 Å². The number of rotatable bonds is 6. The Bertz CT molecular complexity index is 3130. The molecule has 4 aliphatic rings. The van der Waals surface area contributed by atoms with Gasteiger partial charge in [0.1, 0.15) is 0 Å². The quantitative estimate of drug-likeness (QED) is 0.155. The van der Waals surface area contributed by atoms with Crippen LogP contribution in [0.1, 0.15) is 103 Å². The van der Waals surface area contributed by atoms with Crippen LogP contribution in [-0.2, 0) is 49.4 Å². The zero-order valence-corrected chi connectivity index (χ0v) is 36.6. The number of aryl methyl sites for hydroxylation is 7. The molecule has 0 aliphatic heterocycles. The molecule has 0 saturated heterocycles. The SMILES string of the molecule is Cc1ccc2c(c1)c(N(c1ccc3c(c1)CCC3)c1ccc3c(c1)CCC3(C)C)cc1c3ccccc3c(N(c3ccc4c(c3)CCC4)c3ccc4c(c3)CCC4(C)C)cc21. The summed E-state index contributed by atoms with van der Waals surface area (Å²) < 4.78 is 0. The smallest absolute Gasteiger partial charge is 0.0546 e. The van der Waals surface area contributed by atoms with E-state index in [1.165, 1.54) is 155 Å². The largest absolute Gasteiger partial charge is 0.310 e. The fourth-order valence-corrected chi connectivity index (χ4v) is 12.0. The Hall–Kier alpha value is -5.86. The molecule has 0 N–H and O–H groups in total. The lowest BCUT2D eigenvalue weighted by Gasteiger charge is -2.31. The van der Waals surface area contributed by atoms with Gasteiger partial charge in [0.05, 0.1) is 11.4 Å². The van der Waals surface area contributed by atoms with E-state index >= 15 is 0 Å². The van der Waals surface area contributed by atoms with Crippen LogP contribution < -0.4 is 9.80 Å². The predicted molar refractivity (Wildman–Crippen MR) is 260 cm³/mol. The van der Waals surface area contributed by atoms with Gasteiger partial charge in [-0.15, -0.1) is 0 Å². The van der Waals surface area contributed by atoms with Crippen LogP contribution in [0.15, 0.2) is 127 Å². The van der Waals surface area contributed by atoms with Gasteiger partial charge < -0.3 is 9.80 Å². The molecule has 0 bridgehead atoms. The molecule has 2 nitrogen and oxygen atoms in total. The minimum Gasteiger partial charge on any atom is -0.310 e. The van der Waals surface area contributed by atoms with E-state index in [1.54, 1.807) is 0 Å². The van der Waals surface area contributed by atoms with E-state index in [1.807, 2.05) is 0 Å². The third kappa shape index (κ3) is 5.89. The van der Waals surface area contributed by atoms with Crippen molar-refractivity contribution in [2.75, 3.05) is 9.80 Å². The van der Waals surface area contributed by atoms with E-state index in [4.69, 9.17) is 0 Å². The molecule has 8 aromatic rings. The average molecular weight is 793 g/mol. The van der Waals surface area contributed by atoms with Crippen LogP contribution in [0.25, 0.3) is 32.3 Å². The van der Waals surface area contributed by atoms with Crippen LogP contribution in [0.3, 0.4) is 0 Å². The minimum atomic E-state index is 0.208. The lowest BCUT2D eigenvalue weighted by atomic mass is 9.86. The average Bonchev–Trinajstić information content (AvgIpc) is 4.06. The Morgan fingerprint density at radius 1 is 0.361 bits per heavy atom. The summed E-state index contributed by atoms with van der Waals surface area (Å²) in [7, 11) is 0. The van der Waals surface area contributed by atoms with Gasteiger partial charge in [-0.3, -0.25) is 0 Å². The second-order valence-electron chi connectivity index (χ2n) is 20.2. The zero-order chi connectivity index (χ0) is 41.2. The maximum absolute atomic E-state index is 2.59. The summed E-state index contributed by atoms with van der Waals surface area (Å²) in [5, 5.41) is 7.74. The highest BCUT2D eigenvalue weighted by Crippen LogP contribution is 2.51. The monoisotopic (exact) mass is 792 g/mol. The number of fused-ring (bicyclic) bond motifs is 9. The van der Waals surface area contributed by atoms with E-state index < -0.39 is 0 Å². The third-order valence-corrected chi connectivity index (χ3v) is 15.4. The maximum atomic E-state index is 2.59. The lowest BCUT2D eigenvalue weighted by molar-refractivity contribution is 0.522. The normalized spacial score (nSPS) is 16.9. The van der Waals surface area contributed by atoms with Crippen LogP contribution in [0.5, 0.6) is 0 Å². The molecule has 0 radical (unpaired) electrons. The van der Waals surface area contributed by atoms with Gasteiger partial charge in [-0.1, -0.05) is 93.9 Å². The highest BCUT2D eigenvalue weighted by Gasteiger charge is 2.33. The van der Waals surface area contributed by atoms with Gasteiger partial charge in [0.25, 0.3) is 0 Å². The second kappa shape index (κ2) is 13.6. The molecule has 0 atom stereocenters. The molecule has 0 unspecified atom stereocenters. The molecule has 12 rings (SSSR count). The van der Waals surface area contributed by atoms with Gasteiger partial charge in [-0.05, 0) is 215 Å². The fraction of sp³-hybridized carbons (Fsp3) is 0.288. The molecule has 0 aromatic heterocycles. The first kappa shape index (κ1) is 36.9. The van der Waals surface area contributed by atoms with Crippen molar-refractivity contribution < 1.29 is 0 Å². The topological polar surface area (TPSA) is 6.48 Å². The van der Waals surface area contributed by atoms with Crippen molar-refractivity contribution in [3.8, 4) is 0 Å². The van der Waals surface area contributed by atoms with E-state index in [-0.39, 0.29) is 10.8 Å². The first-order valence-corrected chi connectivity index (χ1v) is 23.1. The Morgan fingerprint density at radius 2 is 0.803 bits per heavy atom. The van der Waals surface area contributed by atoms with Crippen LogP contribution in [-0.4, -0.2) is 0 Å². The fourth-order valence-electron chi connectivity index (χ4n) is 12.0. The van der Waals surface area contributed by atoms with E-state index in [0.717, 1.165) is 25.7 Å². The lowest BCUT2D eigenvalue weighted by Crippen LogP contribution is -2.14. The molecule has 0 spiro atoms. The van der Waals surface area contributed by atoms with Gasteiger partial charge >= 0.3 is 0 Å². The summed E-state index contributed by atoms with van der Waals surface area (Å²) >= 11 is 0. The molecule has 0 heterocycles. The predicted octanol–water partition coefficient (Wildman–Crippen LogP) is 15.8. The summed E-state index contributed by atoms with van der Waals surface area (Å²) in [6.07, 6.45) is 11.8. The number of hydrogen-bond donors (Lipinski definition) is 0. The Morgan fingerprint density at radius 3 is 1.34 bits per heavy atom. The molecule has 2 heteroatoms. The van der Waals surface area contributed by atoms with Crippen LogP contribution in [0.4, 0.5) is 34.1 Å². The summed E-state index contributed by atoms with van der Waals surface area (Å²) in [6, 6.07) is 50.7. The van der Waals surface area contributed by atoms with Gasteiger partial charge in [-0.2, -0.15) is 0 Å². The van der Waals surface area contributed by atoms with Gasteiger partial charge in [0, 0.05) is 33.5 Å². The Labute approximate surface area is 361 Å². The number of hydrogen-bond acceptors (Lipinski definition) is 2. The summed E-state index contributed by atoms with van der Waals surface area (Å²) in [6.45, 7) is 11.9. The molecule has 4 aliphatic carbocycles. The molecule has 8 aromatic carbocycles. The standard InChI is InChI=1S/C59H56N2/c1-37-16-23-49-52-35-56(60(44-19-17-38-10-8-12-40(38)31-44)46-21-24-54-42(33-46)26-28-58(54,2)3)50-15-7-6-14-48(50)51(52)36-57(53(49)30-37)61(45-20-18-39-11-9-13-41(39)32-45)47-22-25-55-43(34-47)27-29-59(55,4)5/h6-7,14-25,30-36H,8-13,26-29H2,1-5H3. The van der Waals surface area contributed by atoms with Crippen LogP contribution in [0.2, 0.25) is 0 Å². The van der Waals surface area contributed by atoms with Crippen molar-refractivity contribution in [3.63, 3.8) is 0 Å². The Balaban J connectivity index is 1.13. The Kier molecular flexibility index (Phi) is 8.22. The van der Waals surface area contributed by atoms with E-state index in [0.29, 0.717) is 0 Å². The molecular formula is C59H56N2. The number of benzene rings is 8. The molecule has 61 heavy (non-hydrogen) atoms. The first-order chi connectivity index (χ1) is 29.6. The summed E-state index contributed by atoms with van der Waals surface area (Å²) in [5.41, 5.74) is 21.2. The van der Waals surface area contributed by atoms with Gasteiger partial charge in [0.15, 0.2) is 0 Å². The molecular weight excluding hydrogens is 737 g/mol. The van der Waals surface area contributed by atoms with Crippen molar-refractivity contribution in [1.82, 2.24) is 0 Å². The summed E-state index contributed by atoms with van der Waals surface area (Å²) in [4.78, 5) is 5.18. The van der Waals surface area contributed by atoms with Crippen LogP contribution >= 0.6 is 0 Å². The summed E-state index contributed by atoms with van der Waals surface area (Å²) in [5.74, 6) is 0. The van der Waals surface area contributed by atoms with Crippen molar-refractivity contribution >= 4 is 66.4 Å². The maximum Gasteiger partial charge on any atom is 0.0546 e. The molecule has 0 fully saturated rings. The molecule has 0 saturated carbocycles. The number of anilines is 6. The van der Waals surface area contributed by atoms with Crippen molar-refractivity contribution in [3.05, 3.63) is 177 Å². The van der Waals surface area contributed by atoms with Crippen molar-refractivity contribution in [2.45, 2.75) is 110 Å². The van der Waals surface area contributed by atoms with Crippen molar-refractivity contribution in [1.29, 1.82) is 0 Å².